The van der Waals surface area contributed by atoms with Gasteiger partial charge < -0.3 is 14.2 Å². The average Bonchev–Trinajstić information content (AvgIpc) is 2.72. The summed E-state index contributed by atoms with van der Waals surface area (Å²) in [6, 6.07) is 15.9. The fourth-order valence-corrected chi connectivity index (χ4v) is 2.68. The Bertz CT molecular complexity index is 944. The van der Waals surface area contributed by atoms with E-state index in [0.29, 0.717) is 28.5 Å². The van der Waals surface area contributed by atoms with Crippen LogP contribution in [-0.4, -0.2) is 24.1 Å². The van der Waals surface area contributed by atoms with Crippen LogP contribution >= 0.6 is 0 Å². The summed E-state index contributed by atoms with van der Waals surface area (Å²) in [6.45, 7) is 0.268. The summed E-state index contributed by atoms with van der Waals surface area (Å²) >= 11 is 0. The molecule has 27 heavy (non-hydrogen) atoms. The molecule has 0 spiro atoms. The van der Waals surface area contributed by atoms with Crippen LogP contribution in [-0.2, 0) is 6.61 Å². The number of nitro benzene ring substituents is 1. The van der Waals surface area contributed by atoms with Gasteiger partial charge in [0.2, 0.25) is 5.88 Å². The van der Waals surface area contributed by atoms with Crippen molar-refractivity contribution in [1.29, 1.82) is 0 Å². The molecule has 0 saturated heterocycles. The Morgan fingerprint density at radius 1 is 0.963 bits per heavy atom. The number of nitrogens with zero attached hydrogens (tertiary/aromatic N) is 2. The molecule has 138 valence electrons. The number of benzene rings is 2. The van der Waals surface area contributed by atoms with Crippen LogP contribution in [0.15, 0.2) is 60.8 Å². The number of nitro groups is 1. The molecule has 0 N–H and O–H groups in total. The van der Waals surface area contributed by atoms with E-state index in [1.807, 2.05) is 30.3 Å². The minimum atomic E-state index is -0.462. The molecule has 0 amide bonds. The van der Waals surface area contributed by atoms with Gasteiger partial charge in [0.15, 0.2) is 11.5 Å². The largest absolute Gasteiger partial charge is 0.493 e. The van der Waals surface area contributed by atoms with Gasteiger partial charge in [0, 0.05) is 6.20 Å². The lowest BCUT2D eigenvalue weighted by Gasteiger charge is -2.14. The van der Waals surface area contributed by atoms with E-state index in [9.17, 15) is 10.1 Å². The summed E-state index contributed by atoms with van der Waals surface area (Å²) < 4.78 is 16.4. The second-order valence-electron chi connectivity index (χ2n) is 5.61. The highest BCUT2D eigenvalue weighted by molar-refractivity contribution is 5.80. The molecule has 1 aromatic heterocycles. The van der Waals surface area contributed by atoms with E-state index in [4.69, 9.17) is 14.2 Å². The van der Waals surface area contributed by atoms with Gasteiger partial charge >= 0.3 is 0 Å². The number of pyridine rings is 1. The van der Waals surface area contributed by atoms with Crippen LogP contribution in [0.4, 0.5) is 5.69 Å². The molecule has 0 unspecified atom stereocenters. The second kappa shape index (κ2) is 8.18. The number of methoxy groups -OCH3 is 2. The van der Waals surface area contributed by atoms with Crippen molar-refractivity contribution < 1.29 is 19.1 Å². The van der Waals surface area contributed by atoms with Crippen LogP contribution in [0.1, 0.15) is 5.56 Å². The third-order valence-electron chi connectivity index (χ3n) is 3.97. The van der Waals surface area contributed by atoms with Gasteiger partial charge in [-0.25, -0.2) is 4.98 Å². The van der Waals surface area contributed by atoms with Crippen molar-refractivity contribution >= 4 is 5.69 Å². The Morgan fingerprint density at radius 3 is 2.41 bits per heavy atom. The molecule has 0 aliphatic carbocycles. The highest BCUT2D eigenvalue weighted by atomic mass is 16.6. The molecule has 0 bridgehead atoms. The first-order chi connectivity index (χ1) is 13.1. The molecule has 0 saturated carbocycles. The monoisotopic (exact) mass is 366 g/mol. The van der Waals surface area contributed by atoms with E-state index in [2.05, 4.69) is 4.98 Å². The van der Waals surface area contributed by atoms with E-state index >= 15 is 0 Å². The van der Waals surface area contributed by atoms with Crippen molar-refractivity contribution in [2.75, 3.05) is 14.2 Å². The first-order valence-electron chi connectivity index (χ1n) is 8.16. The Balaban J connectivity index is 2.04. The molecular weight excluding hydrogens is 348 g/mol. The standard InChI is InChI=1S/C20H18N2O5/c1-25-18-11-16(15-9-6-10-21-20(15)26-2)17(22(23)24)12-19(18)27-13-14-7-4-3-5-8-14/h3-12H,13H2,1-2H3. The Hall–Kier alpha value is -3.61. The number of hydrogen-bond acceptors (Lipinski definition) is 6. The Labute approximate surface area is 156 Å². The lowest BCUT2D eigenvalue weighted by molar-refractivity contribution is -0.384. The molecule has 0 fully saturated rings. The van der Waals surface area contributed by atoms with E-state index in [1.54, 1.807) is 24.4 Å². The number of hydrogen-bond donors (Lipinski definition) is 0. The minimum Gasteiger partial charge on any atom is -0.493 e. The van der Waals surface area contributed by atoms with Gasteiger partial charge in [-0.15, -0.1) is 0 Å². The Morgan fingerprint density at radius 2 is 1.74 bits per heavy atom. The summed E-state index contributed by atoms with van der Waals surface area (Å²) in [6.07, 6.45) is 1.56. The smallest absolute Gasteiger partial charge is 0.281 e. The summed E-state index contributed by atoms with van der Waals surface area (Å²) in [4.78, 5) is 15.3. The van der Waals surface area contributed by atoms with Crippen molar-refractivity contribution in [3.63, 3.8) is 0 Å². The third-order valence-corrected chi connectivity index (χ3v) is 3.97. The lowest BCUT2D eigenvalue weighted by atomic mass is 10.0. The van der Waals surface area contributed by atoms with E-state index in [-0.39, 0.29) is 12.3 Å². The molecule has 1 heterocycles. The van der Waals surface area contributed by atoms with Gasteiger partial charge in [-0.2, -0.15) is 0 Å². The van der Waals surface area contributed by atoms with E-state index in [1.165, 1.54) is 20.3 Å². The van der Waals surface area contributed by atoms with Gasteiger partial charge in [-0.3, -0.25) is 10.1 Å². The van der Waals surface area contributed by atoms with Crippen molar-refractivity contribution in [3.05, 3.63) is 76.5 Å². The molecule has 2 aromatic carbocycles. The highest BCUT2D eigenvalue weighted by Gasteiger charge is 2.23. The molecule has 0 atom stereocenters. The van der Waals surface area contributed by atoms with Crippen LogP contribution in [0.3, 0.4) is 0 Å². The fourth-order valence-electron chi connectivity index (χ4n) is 2.68. The number of aromatic nitrogens is 1. The van der Waals surface area contributed by atoms with Crippen molar-refractivity contribution in [1.82, 2.24) is 4.98 Å². The zero-order chi connectivity index (χ0) is 19.2. The maximum Gasteiger partial charge on any atom is 0.281 e. The summed E-state index contributed by atoms with van der Waals surface area (Å²) in [5, 5.41) is 11.7. The zero-order valence-corrected chi connectivity index (χ0v) is 14.9. The summed E-state index contributed by atoms with van der Waals surface area (Å²) in [5.74, 6) is 0.970. The molecule has 7 nitrogen and oxygen atoms in total. The SMILES string of the molecule is COc1cc(-c2cccnc2OC)c([N+](=O)[O-])cc1OCc1ccccc1. The molecule has 3 aromatic rings. The van der Waals surface area contributed by atoms with Gasteiger partial charge in [-0.1, -0.05) is 30.3 Å². The summed E-state index contributed by atoms with van der Waals surface area (Å²) in [7, 11) is 2.95. The van der Waals surface area contributed by atoms with Gasteiger partial charge in [0.05, 0.1) is 36.3 Å². The molecular formula is C20H18N2O5. The molecule has 0 aliphatic heterocycles. The van der Waals surface area contributed by atoms with Crippen molar-refractivity contribution in [2.45, 2.75) is 6.61 Å². The maximum atomic E-state index is 11.7. The van der Waals surface area contributed by atoms with E-state index < -0.39 is 4.92 Å². The molecule has 0 radical (unpaired) electrons. The van der Waals surface area contributed by atoms with Crippen LogP contribution < -0.4 is 14.2 Å². The van der Waals surface area contributed by atoms with Gasteiger partial charge in [0.1, 0.15) is 6.61 Å². The topological polar surface area (TPSA) is 83.7 Å². The number of rotatable bonds is 7. The highest BCUT2D eigenvalue weighted by Crippen LogP contribution is 2.42. The van der Waals surface area contributed by atoms with Crippen LogP contribution in [0.25, 0.3) is 11.1 Å². The first kappa shape index (κ1) is 18.2. The molecule has 0 aliphatic rings. The predicted molar refractivity (Wildman–Crippen MR) is 100 cm³/mol. The predicted octanol–water partition coefficient (Wildman–Crippen LogP) is 4.25. The van der Waals surface area contributed by atoms with Crippen molar-refractivity contribution in [2.24, 2.45) is 0 Å². The normalized spacial score (nSPS) is 10.3. The van der Waals surface area contributed by atoms with Crippen LogP contribution in [0.5, 0.6) is 17.4 Å². The fraction of sp³-hybridized carbons (Fsp3) is 0.150. The molecule has 7 heteroatoms. The minimum absolute atomic E-state index is 0.120. The van der Waals surface area contributed by atoms with Gasteiger partial charge in [-0.05, 0) is 23.8 Å². The quantitative estimate of drug-likeness (QED) is 0.459. The van der Waals surface area contributed by atoms with Gasteiger partial charge in [0.25, 0.3) is 5.69 Å². The second-order valence-corrected chi connectivity index (χ2v) is 5.61. The maximum absolute atomic E-state index is 11.7. The summed E-state index contributed by atoms with van der Waals surface area (Å²) in [5.41, 5.74) is 1.67. The lowest BCUT2D eigenvalue weighted by Crippen LogP contribution is -2.01. The first-order valence-corrected chi connectivity index (χ1v) is 8.16. The third kappa shape index (κ3) is 3.98. The number of ether oxygens (including phenoxy) is 3. The molecule has 3 rings (SSSR count). The van der Waals surface area contributed by atoms with E-state index in [0.717, 1.165) is 5.56 Å². The Kier molecular flexibility index (Phi) is 5.51. The van der Waals surface area contributed by atoms with Crippen LogP contribution in [0, 0.1) is 10.1 Å². The zero-order valence-electron chi connectivity index (χ0n) is 14.9. The van der Waals surface area contributed by atoms with Crippen LogP contribution in [0.2, 0.25) is 0 Å². The van der Waals surface area contributed by atoms with Crippen molar-refractivity contribution in [3.8, 4) is 28.5 Å². The average molecular weight is 366 g/mol.